The molecule has 0 heterocycles. The second-order valence-corrected chi connectivity index (χ2v) is 4.32. The number of ketones is 1. The summed E-state index contributed by atoms with van der Waals surface area (Å²) in [6.07, 6.45) is -4.43. The molecule has 1 unspecified atom stereocenters. The van der Waals surface area contributed by atoms with Crippen molar-refractivity contribution in [1.29, 1.82) is 0 Å². The van der Waals surface area contributed by atoms with Crippen molar-refractivity contribution in [3.8, 4) is 0 Å². The summed E-state index contributed by atoms with van der Waals surface area (Å²) >= 11 is 0. The van der Waals surface area contributed by atoms with Gasteiger partial charge in [0.15, 0.2) is 5.78 Å². The van der Waals surface area contributed by atoms with Crippen molar-refractivity contribution in [3.05, 3.63) is 42.3 Å². The van der Waals surface area contributed by atoms with Gasteiger partial charge in [-0.05, 0) is 32.6 Å². The zero-order valence-electron chi connectivity index (χ0n) is 10.3. The van der Waals surface area contributed by atoms with E-state index in [4.69, 9.17) is 0 Å². The van der Waals surface area contributed by atoms with E-state index in [-0.39, 0.29) is 12.2 Å². The smallest absolute Gasteiger partial charge is 0.300 e. The quantitative estimate of drug-likeness (QED) is 0.827. The third-order valence-electron chi connectivity index (χ3n) is 2.63. The van der Waals surface area contributed by atoms with Crippen LogP contribution in [0, 0.1) is 6.92 Å². The van der Waals surface area contributed by atoms with E-state index in [2.05, 4.69) is 6.92 Å². The van der Waals surface area contributed by atoms with E-state index in [1.54, 1.807) is 19.0 Å². The molecule has 1 aromatic carbocycles. The summed E-state index contributed by atoms with van der Waals surface area (Å²) in [5.41, 5.74) is -0.386. The van der Waals surface area contributed by atoms with Gasteiger partial charge in [-0.15, -0.1) is 0 Å². The maximum Gasteiger partial charge on any atom is 0.416 e. The zero-order valence-corrected chi connectivity index (χ0v) is 10.3. The average Bonchev–Trinajstić information content (AvgIpc) is 2.27. The second-order valence-electron chi connectivity index (χ2n) is 4.32. The second kappa shape index (κ2) is 5.52. The summed E-state index contributed by atoms with van der Waals surface area (Å²) in [6.45, 7) is 3.66. The summed E-state index contributed by atoms with van der Waals surface area (Å²) < 4.78 is 37.5. The van der Waals surface area contributed by atoms with Gasteiger partial charge in [0.1, 0.15) is 0 Å². The molecule has 0 aliphatic rings. The van der Waals surface area contributed by atoms with Crippen LogP contribution in [0.5, 0.6) is 0 Å². The minimum atomic E-state index is -4.38. The third kappa shape index (κ3) is 3.84. The molecular formula is C13H15F3NO. The molecule has 0 N–H and O–H groups in total. The van der Waals surface area contributed by atoms with E-state index in [9.17, 15) is 18.0 Å². The number of halogens is 3. The number of likely N-dealkylation sites (N-methyl/N-ethyl adjacent to an activating group) is 1. The Morgan fingerprint density at radius 1 is 1.39 bits per heavy atom. The maximum atomic E-state index is 12.5. The number of carbonyl (C=O) groups excluding carboxylic acids is 1. The highest BCUT2D eigenvalue weighted by Crippen LogP contribution is 2.29. The van der Waals surface area contributed by atoms with Crippen molar-refractivity contribution in [2.45, 2.75) is 18.6 Å². The van der Waals surface area contributed by atoms with Gasteiger partial charge in [-0.25, -0.2) is 0 Å². The Kier molecular flexibility index (Phi) is 4.51. The van der Waals surface area contributed by atoms with Gasteiger partial charge in [-0.2, -0.15) is 13.2 Å². The highest BCUT2D eigenvalue weighted by molar-refractivity contribution is 5.86. The fourth-order valence-corrected chi connectivity index (χ4v) is 1.46. The van der Waals surface area contributed by atoms with Crippen LogP contribution in [-0.4, -0.2) is 30.8 Å². The summed E-state index contributed by atoms with van der Waals surface area (Å²) in [4.78, 5) is 13.4. The standard InChI is InChI=1S/C13H15F3NO/c1-9(17(2)3)12(18)8-10-5-4-6-11(7-10)13(14,15)16/h4-7,9H,1,8H2,2-3H3. The van der Waals surface area contributed by atoms with Crippen molar-refractivity contribution in [1.82, 2.24) is 4.90 Å². The molecule has 1 aromatic rings. The molecule has 0 aliphatic carbocycles. The Morgan fingerprint density at radius 3 is 2.50 bits per heavy atom. The molecule has 5 heteroatoms. The highest BCUT2D eigenvalue weighted by atomic mass is 19.4. The Morgan fingerprint density at radius 2 is 2.00 bits per heavy atom. The number of alkyl halides is 3. The van der Waals surface area contributed by atoms with Crippen LogP contribution < -0.4 is 0 Å². The molecule has 18 heavy (non-hydrogen) atoms. The van der Waals surface area contributed by atoms with Gasteiger partial charge in [-0.3, -0.25) is 9.69 Å². The van der Waals surface area contributed by atoms with Crippen LogP contribution in [0.2, 0.25) is 0 Å². The van der Waals surface area contributed by atoms with E-state index in [1.807, 2.05) is 0 Å². The van der Waals surface area contributed by atoms with E-state index >= 15 is 0 Å². The molecule has 0 amide bonds. The molecule has 99 valence electrons. The first-order valence-electron chi connectivity index (χ1n) is 5.40. The lowest BCUT2D eigenvalue weighted by molar-refractivity contribution is -0.137. The SMILES string of the molecule is [CH2]C(C(=O)Cc1cccc(C(F)(F)F)c1)N(C)C. The van der Waals surface area contributed by atoms with Gasteiger partial charge < -0.3 is 0 Å². The van der Waals surface area contributed by atoms with Gasteiger partial charge in [0.2, 0.25) is 0 Å². The van der Waals surface area contributed by atoms with Gasteiger partial charge in [0, 0.05) is 6.42 Å². The summed E-state index contributed by atoms with van der Waals surface area (Å²) in [5.74, 6) is -0.209. The van der Waals surface area contributed by atoms with Crippen LogP contribution >= 0.6 is 0 Å². The van der Waals surface area contributed by atoms with Gasteiger partial charge in [0.05, 0.1) is 11.6 Å². The van der Waals surface area contributed by atoms with Crippen molar-refractivity contribution in [3.63, 3.8) is 0 Å². The third-order valence-corrected chi connectivity index (χ3v) is 2.63. The maximum absolute atomic E-state index is 12.5. The average molecular weight is 258 g/mol. The van der Waals surface area contributed by atoms with Gasteiger partial charge >= 0.3 is 6.18 Å². The minimum Gasteiger partial charge on any atom is -0.300 e. The minimum absolute atomic E-state index is 0.0454. The molecule has 1 radical (unpaired) electrons. The molecule has 0 saturated heterocycles. The Hall–Kier alpha value is -1.36. The predicted molar refractivity (Wildman–Crippen MR) is 63.0 cm³/mol. The van der Waals surface area contributed by atoms with Crippen LogP contribution in [0.4, 0.5) is 13.2 Å². The lowest BCUT2D eigenvalue weighted by Gasteiger charge is -2.18. The van der Waals surface area contributed by atoms with Crippen molar-refractivity contribution >= 4 is 5.78 Å². The number of nitrogens with zero attached hydrogens (tertiary/aromatic N) is 1. The highest BCUT2D eigenvalue weighted by Gasteiger charge is 2.30. The topological polar surface area (TPSA) is 20.3 Å². The van der Waals surface area contributed by atoms with Crippen molar-refractivity contribution in [2.24, 2.45) is 0 Å². The van der Waals surface area contributed by atoms with E-state index < -0.39 is 17.8 Å². The molecule has 0 bridgehead atoms. The van der Waals surface area contributed by atoms with Crippen LogP contribution in [0.3, 0.4) is 0 Å². The molecule has 1 atom stereocenters. The molecule has 0 saturated carbocycles. The van der Waals surface area contributed by atoms with Crippen molar-refractivity contribution < 1.29 is 18.0 Å². The fourth-order valence-electron chi connectivity index (χ4n) is 1.46. The predicted octanol–water partition coefficient (Wildman–Crippen LogP) is 2.58. The fraction of sp³-hybridized carbons (Fsp3) is 0.385. The van der Waals surface area contributed by atoms with Crippen LogP contribution in [-0.2, 0) is 17.4 Å². The van der Waals surface area contributed by atoms with Crippen molar-refractivity contribution in [2.75, 3.05) is 14.1 Å². The molecule has 0 spiro atoms. The number of carbonyl (C=O) groups is 1. The normalized spacial score (nSPS) is 13.7. The lowest BCUT2D eigenvalue weighted by atomic mass is 10.0. The first-order chi connectivity index (χ1) is 8.21. The zero-order chi connectivity index (χ0) is 13.9. The molecule has 0 aliphatic heterocycles. The molecule has 0 fully saturated rings. The van der Waals surface area contributed by atoms with E-state index in [0.29, 0.717) is 5.56 Å². The van der Waals surface area contributed by atoms with E-state index in [0.717, 1.165) is 12.1 Å². The first-order valence-corrected chi connectivity index (χ1v) is 5.40. The molecule has 0 aromatic heterocycles. The van der Waals surface area contributed by atoms with Gasteiger partial charge in [-0.1, -0.05) is 18.2 Å². The number of hydrogen-bond donors (Lipinski definition) is 0. The van der Waals surface area contributed by atoms with Crippen LogP contribution in [0.1, 0.15) is 11.1 Å². The molecule has 2 nitrogen and oxygen atoms in total. The van der Waals surface area contributed by atoms with Crippen LogP contribution in [0.15, 0.2) is 24.3 Å². The van der Waals surface area contributed by atoms with Crippen LogP contribution in [0.25, 0.3) is 0 Å². The number of Topliss-reactive ketones (excluding diaryl/α,β-unsaturated/α-hetero) is 1. The first kappa shape index (κ1) is 14.7. The monoisotopic (exact) mass is 258 g/mol. The molecule has 1 rings (SSSR count). The molecular weight excluding hydrogens is 243 g/mol. The largest absolute Gasteiger partial charge is 0.416 e. The summed E-state index contributed by atoms with van der Waals surface area (Å²) in [7, 11) is 3.39. The Bertz CT molecular complexity index is 426. The van der Waals surface area contributed by atoms with E-state index in [1.165, 1.54) is 12.1 Å². The lowest BCUT2D eigenvalue weighted by Crippen LogP contribution is -2.34. The summed E-state index contributed by atoms with van der Waals surface area (Å²) in [5, 5.41) is 0. The summed E-state index contributed by atoms with van der Waals surface area (Å²) in [6, 6.07) is 4.25. The Labute approximate surface area is 104 Å². The number of rotatable bonds is 4. The van der Waals surface area contributed by atoms with Gasteiger partial charge in [0.25, 0.3) is 0 Å². The Balaban J connectivity index is 2.83. The number of hydrogen-bond acceptors (Lipinski definition) is 2. The number of benzene rings is 1.